The van der Waals surface area contributed by atoms with Gasteiger partial charge < -0.3 is 20.1 Å². The average molecular weight is 423 g/mol. The molecule has 7 heteroatoms. The first-order valence-corrected chi connectivity index (χ1v) is 9.98. The molecule has 160 valence electrons. The van der Waals surface area contributed by atoms with Gasteiger partial charge in [0, 0.05) is 17.3 Å². The number of aliphatic hydroxyl groups excluding tert-OH is 1. The van der Waals surface area contributed by atoms with Crippen LogP contribution in [0, 0.1) is 11.7 Å². The number of aromatic hydroxyl groups is 1. The number of carboxylic acids is 1. The molecule has 1 aliphatic rings. The predicted octanol–water partition coefficient (Wildman–Crippen LogP) is 4.41. The van der Waals surface area contributed by atoms with E-state index in [0.29, 0.717) is 29.0 Å². The molecule has 0 fully saturated rings. The largest absolute Gasteiger partial charge is 0.508 e. The van der Waals surface area contributed by atoms with Gasteiger partial charge in [0.05, 0.1) is 17.7 Å². The molecular formula is C24H22FNO5. The third-order valence-corrected chi connectivity index (χ3v) is 5.62. The summed E-state index contributed by atoms with van der Waals surface area (Å²) < 4.78 is 20.2. The van der Waals surface area contributed by atoms with E-state index in [1.54, 1.807) is 30.5 Å². The van der Waals surface area contributed by atoms with E-state index < -0.39 is 23.8 Å². The fourth-order valence-electron chi connectivity index (χ4n) is 3.69. The highest BCUT2D eigenvalue weighted by molar-refractivity contribution is 5.70. The number of phenolic OH excluding ortho intramolecular Hbond substituents is 1. The molecule has 6 nitrogen and oxygen atoms in total. The third kappa shape index (κ3) is 4.22. The van der Waals surface area contributed by atoms with Crippen molar-refractivity contribution in [3.8, 4) is 22.6 Å². The molecule has 1 aliphatic heterocycles. The molecule has 0 saturated heterocycles. The number of halogens is 1. The van der Waals surface area contributed by atoms with Crippen LogP contribution in [0.3, 0.4) is 0 Å². The molecule has 3 N–H and O–H groups in total. The van der Waals surface area contributed by atoms with Gasteiger partial charge >= 0.3 is 5.97 Å². The number of carboxylic acid groups (broad SMARTS) is 1. The second-order valence-electron chi connectivity index (χ2n) is 7.72. The smallest absolute Gasteiger partial charge is 0.309 e. The zero-order chi connectivity index (χ0) is 22.1. The number of hydrogen-bond donors (Lipinski definition) is 3. The van der Waals surface area contributed by atoms with Gasteiger partial charge in [-0.05, 0) is 61.2 Å². The maximum atomic E-state index is 14.1. The Bertz CT molecular complexity index is 1120. The number of aryl methyl sites for hydroxylation is 1. The Kier molecular flexibility index (Phi) is 5.61. The van der Waals surface area contributed by atoms with Crippen LogP contribution in [0.2, 0.25) is 0 Å². The first kappa shape index (κ1) is 20.8. The molecule has 1 unspecified atom stereocenters. The number of fused-ring (bicyclic) bond motifs is 1. The quantitative estimate of drug-likeness (QED) is 0.562. The molecule has 0 bridgehead atoms. The molecule has 0 spiro atoms. The molecule has 0 radical (unpaired) electrons. The first-order chi connectivity index (χ1) is 14.8. The summed E-state index contributed by atoms with van der Waals surface area (Å²) in [5.74, 6) is -1.89. The number of aromatic nitrogens is 1. The van der Waals surface area contributed by atoms with Gasteiger partial charge in [-0.1, -0.05) is 18.2 Å². The first-order valence-electron chi connectivity index (χ1n) is 9.98. The lowest BCUT2D eigenvalue weighted by atomic mass is 9.93. The van der Waals surface area contributed by atoms with Crippen LogP contribution < -0.4 is 4.74 Å². The summed E-state index contributed by atoms with van der Waals surface area (Å²) in [6.45, 7) is 1.46. The van der Waals surface area contributed by atoms with Gasteiger partial charge in [0.25, 0.3) is 0 Å². The fraction of sp³-hybridized carbons (Fsp3) is 0.250. The summed E-state index contributed by atoms with van der Waals surface area (Å²) in [7, 11) is 0. The summed E-state index contributed by atoms with van der Waals surface area (Å²) in [5.41, 5.74) is 2.95. The van der Waals surface area contributed by atoms with Gasteiger partial charge in [0.1, 0.15) is 23.4 Å². The average Bonchev–Trinajstić information content (AvgIpc) is 2.79. The molecule has 1 aromatic heterocycles. The Hall–Kier alpha value is -3.45. The number of benzene rings is 2. The number of hydrogen-bond acceptors (Lipinski definition) is 5. The summed E-state index contributed by atoms with van der Waals surface area (Å²) in [5, 5.41) is 29.1. The monoisotopic (exact) mass is 423 g/mol. The minimum atomic E-state index is -1.14. The topological polar surface area (TPSA) is 99.9 Å². The Morgan fingerprint density at radius 1 is 1.19 bits per heavy atom. The molecule has 4 rings (SSSR count). The van der Waals surface area contributed by atoms with Gasteiger partial charge in [0.15, 0.2) is 0 Å². The van der Waals surface area contributed by atoms with Gasteiger partial charge in [-0.3, -0.25) is 9.78 Å². The molecule has 3 aromatic rings. The molecule has 3 atom stereocenters. The Labute approximate surface area is 178 Å². The maximum Gasteiger partial charge on any atom is 0.309 e. The highest BCUT2D eigenvalue weighted by Gasteiger charge is 2.27. The zero-order valence-corrected chi connectivity index (χ0v) is 16.8. The Morgan fingerprint density at radius 3 is 2.71 bits per heavy atom. The van der Waals surface area contributed by atoms with E-state index in [9.17, 15) is 19.4 Å². The Balaban J connectivity index is 1.55. The van der Waals surface area contributed by atoms with Crippen LogP contribution in [0.4, 0.5) is 4.39 Å². The van der Waals surface area contributed by atoms with E-state index >= 15 is 0 Å². The van der Waals surface area contributed by atoms with Gasteiger partial charge in [0.2, 0.25) is 0 Å². The Morgan fingerprint density at radius 2 is 2.00 bits per heavy atom. The van der Waals surface area contributed by atoms with Crippen LogP contribution in [-0.2, 0) is 11.2 Å². The number of pyridine rings is 1. The van der Waals surface area contributed by atoms with Crippen LogP contribution in [0.25, 0.3) is 11.1 Å². The van der Waals surface area contributed by atoms with Crippen molar-refractivity contribution in [1.82, 2.24) is 4.98 Å². The molecule has 31 heavy (non-hydrogen) atoms. The maximum absolute atomic E-state index is 14.1. The number of aliphatic carboxylic acids is 1. The number of ether oxygens (including phenoxy) is 1. The molecule has 2 aromatic carbocycles. The van der Waals surface area contributed by atoms with Crippen molar-refractivity contribution in [2.45, 2.75) is 32.0 Å². The number of phenols is 1. The highest BCUT2D eigenvalue weighted by Crippen LogP contribution is 2.37. The minimum Gasteiger partial charge on any atom is -0.508 e. The molecule has 0 aliphatic carbocycles. The van der Waals surface area contributed by atoms with E-state index in [0.717, 1.165) is 12.0 Å². The summed E-state index contributed by atoms with van der Waals surface area (Å²) >= 11 is 0. The number of nitrogens with zero attached hydrogens (tertiary/aromatic N) is 1. The summed E-state index contributed by atoms with van der Waals surface area (Å²) in [4.78, 5) is 15.6. The molecular weight excluding hydrogens is 401 g/mol. The van der Waals surface area contributed by atoms with Gasteiger partial charge in [-0.25, -0.2) is 4.39 Å². The summed E-state index contributed by atoms with van der Waals surface area (Å²) in [6.07, 6.45) is 1.53. The lowest BCUT2D eigenvalue weighted by Gasteiger charge is -2.27. The predicted molar refractivity (Wildman–Crippen MR) is 111 cm³/mol. The van der Waals surface area contributed by atoms with Crippen molar-refractivity contribution in [2.24, 2.45) is 5.92 Å². The summed E-state index contributed by atoms with van der Waals surface area (Å²) in [6, 6.07) is 12.6. The SMILES string of the molecule is C[C@H](C(=O)O)[C@@H](O)c1ccc2c(c1)OC(c1ccc(-c3cc(O)ccc3F)cn1)CC2. The van der Waals surface area contributed by atoms with Crippen molar-refractivity contribution in [1.29, 1.82) is 0 Å². The van der Waals surface area contributed by atoms with Crippen molar-refractivity contribution < 1.29 is 29.2 Å². The second-order valence-corrected chi connectivity index (χ2v) is 7.72. The molecule has 0 amide bonds. The van der Waals surface area contributed by atoms with E-state index in [1.165, 1.54) is 25.1 Å². The highest BCUT2D eigenvalue weighted by atomic mass is 19.1. The lowest BCUT2D eigenvalue weighted by molar-refractivity contribution is -0.145. The van der Waals surface area contributed by atoms with E-state index in [1.807, 2.05) is 6.07 Å². The molecule has 0 saturated carbocycles. The van der Waals surface area contributed by atoms with Gasteiger partial charge in [-0.15, -0.1) is 0 Å². The van der Waals surface area contributed by atoms with Crippen molar-refractivity contribution in [3.05, 3.63) is 77.4 Å². The van der Waals surface area contributed by atoms with E-state index in [-0.39, 0.29) is 17.4 Å². The third-order valence-electron chi connectivity index (χ3n) is 5.62. The lowest BCUT2D eigenvalue weighted by Crippen LogP contribution is -2.20. The fourth-order valence-corrected chi connectivity index (χ4v) is 3.69. The van der Waals surface area contributed by atoms with Crippen molar-refractivity contribution in [3.63, 3.8) is 0 Å². The van der Waals surface area contributed by atoms with Crippen LogP contribution >= 0.6 is 0 Å². The number of aliphatic hydroxyl groups is 1. The zero-order valence-electron chi connectivity index (χ0n) is 16.8. The van der Waals surface area contributed by atoms with Crippen molar-refractivity contribution in [2.75, 3.05) is 0 Å². The van der Waals surface area contributed by atoms with Crippen LogP contribution in [0.1, 0.15) is 42.4 Å². The minimum absolute atomic E-state index is 0.0251. The number of rotatable bonds is 5. The number of carbonyl (C=O) groups is 1. The standard InChI is InChI=1S/C24H22FNO5/c1-13(24(29)30)23(28)15-3-2-14-5-9-21(31-22(14)10-15)20-8-4-16(12-26-20)18-11-17(27)6-7-19(18)25/h2-4,6-8,10-13,21,23,27-28H,5,9H2,1H3,(H,29,30)/t13-,21?,23+/m0/s1. The van der Waals surface area contributed by atoms with Crippen molar-refractivity contribution >= 4 is 5.97 Å². The van der Waals surface area contributed by atoms with E-state index in [2.05, 4.69) is 4.98 Å². The normalized spacial score (nSPS) is 17.3. The van der Waals surface area contributed by atoms with Crippen LogP contribution in [0.5, 0.6) is 11.5 Å². The van der Waals surface area contributed by atoms with Crippen LogP contribution in [0.15, 0.2) is 54.7 Å². The van der Waals surface area contributed by atoms with E-state index in [4.69, 9.17) is 9.84 Å². The second kappa shape index (κ2) is 8.35. The van der Waals surface area contributed by atoms with Gasteiger partial charge in [-0.2, -0.15) is 0 Å². The molecule has 2 heterocycles. The van der Waals surface area contributed by atoms with Crippen LogP contribution in [-0.4, -0.2) is 26.3 Å².